The summed E-state index contributed by atoms with van der Waals surface area (Å²) in [6, 6.07) is 4.69. The molecule has 0 saturated heterocycles. The standard InChI is InChI=1S/C17H19NO6/c1-24-17(23)12-6-2-5-11(8-12)15(20)18-14(16(21)22)10-4-3-7-13(19)9-10/h2,5-6,8,10,14H,3-4,7,9H2,1H3,(H,18,20)(H,21,22)/t10-,14+/m1/s1. The van der Waals surface area contributed by atoms with Gasteiger partial charge in [-0.05, 0) is 37.0 Å². The molecule has 2 N–H and O–H groups in total. The number of ketones is 1. The molecule has 0 aliphatic heterocycles. The zero-order valence-corrected chi connectivity index (χ0v) is 13.3. The van der Waals surface area contributed by atoms with Crippen molar-refractivity contribution in [3.8, 4) is 0 Å². The molecule has 0 heterocycles. The molecule has 1 saturated carbocycles. The molecule has 1 aromatic carbocycles. The highest BCUT2D eigenvalue weighted by Gasteiger charge is 2.33. The van der Waals surface area contributed by atoms with Crippen LogP contribution in [0.15, 0.2) is 24.3 Å². The van der Waals surface area contributed by atoms with Gasteiger partial charge in [-0.15, -0.1) is 0 Å². The molecule has 0 bridgehead atoms. The second kappa shape index (κ2) is 7.72. The Morgan fingerprint density at radius 3 is 2.62 bits per heavy atom. The predicted molar refractivity (Wildman–Crippen MR) is 83.6 cm³/mol. The zero-order chi connectivity index (χ0) is 17.7. The van der Waals surface area contributed by atoms with Crippen molar-refractivity contribution < 1.29 is 29.0 Å². The van der Waals surface area contributed by atoms with E-state index in [4.69, 9.17) is 0 Å². The van der Waals surface area contributed by atoms with Crippen molar-refractivity contribution >= 4 is 23.6 Å². The third kappa shape index (κ3) is 4.18. The van der Waals surface area contributed by atoms with Crippen LogP contribution in [0, 0.1) is 5.92 Å². The van der Waals surface area contributed by atoms with Crippen molar-refractivity contribution in [3.63, 3.8) is 0 Å². The van der Waals surface area contributed by atoms with Crippen molar-refractivity contribution in [3.05, 3.63) is 35.4 Å². The number of methoxy groups -OCH3 is 1. The molecule has 0 aromatic heterocycles. The van der Waals surface area contributed by atoms with Crippen molar-refractivity contribution in [1.82, 2.24) is 5.32 Å². The van der Waals surface area contributed by atoms with E-state index < -0.39 is 29.8 Å². The molecule has 1 fully saturated rings. The van der Waals surface area contributed by atoms with Crippen molar-refractivity contribution in [1.29, 1.82) is 0 Å². The molecule has 2 rings (SSSR count). The second-order valence-electron chi connectivity index (χ2n) is 5.76. The average molecular weight is 333 g/mol. The lowest BCUT2D eigenvalue weighted by atomic mass is 9.83. The third-order valence-electron chi connectivity index (χ3n) is 4.09. The maximum atomic E-state index is 12.3. The fourth-order valence-corrected chi connectivity index (χ4v) is 2.85. The number of ether oxygens (including phenoxy) is 1. The number of carboxylic acids is 1. The Bertz CT molecular complexity index is 669. The summed E-state index contributed by atoms with van der Waals surface area (Å²) in [6.07, 6.45) is 1.81. The number of carboxylic acid groups (broad SMARTS) is 1. The normalized spacial score (nSPS) is 18.5. The Morgan fingerprint density at radius 1 is 1.29 bits per heavy atom. The van der Waals surface area contributed by atoms with Gasteiger partial charge in [0.1, 0.15) is 11.8 Å². The molecule has 128 valence electrons. The molecule has 1 amide bonds. The first-order chi connectivity index (χ1) is 11.4. The first-order valence-electron chi connectivity index (χ1n) is 7.66. The summed E-state index contributed by atoms with van der Waals surface area (Å²) in [7, 11) is 1.23. The molecule has 1 aliphatic carbocycles. The Morgan fingerprint density at radius 2 is 2.00 bits per heavy atom. The number of benzene rings is 1. The first kappa shape index (κ1) is 17.7. The number of carbonyl (C=O) groups excluding carboxylic acids is 3. The molecule has 0 unspecified atom stereocenters. The average Bonchev–Trinajstić information content (AvgIpc) is 2.58. The van der Waals surface area contributed by atoms with Crippen LogP contribution in [0.3, 0.4) is 0 Å². The van der Waals surface area contributed by atoms with Crippen LogP contribution in [0.25, 0.3) is 0 Å². The lowest BCUT2D eigenvalue weighted by molar-refractivity contribution is -0.141. The predicted octanol–water partition coefficient (Wildman–Crippen LogP) is 1.42. The summed E-state index contributed by atoms with van der Waals surface area (Å²) in [5.41, 5.74) is 0.358. The van der Waals surface area contributed by atoms with Crippen LogP contribution >= 0.6 is 0 Å². The summed E-state index contributed by atoms with van der Waals surface area (Å²) < 4.78 is 4.60. The van der Waals surface area contributed by atoms with Gasteiger partial charge < -0.3 is 15.2 Å². The van der Waals surface area contributed by atoms with E-state index in [0.29, 0.717) is 19.3 Å². The molecule has 7 nitrogen and oxygen atoms in total. The number of Topliss-reactive ketones (excluding diaryl/α,β-unsaturated/α-hetero) is 1. The van der Waals surface area contributed by atoms with Gasteiger partial charge in [-0.1, -0.05) is 6.07 Å². The van der Waals surface area contributed by atoms with Gasteiger partial charge in [0.25, 0.3) is 5.91 Å². The van der Waals surface area contributed by atoms with Gasteiger partial charge in [-0.3, -0.25) is 9.59 Å². The number of hydrogen-bond acceptors (Lipinski definition) is 5. The van der Waals surface area contributed by atoms with Gasteiger partial charge in [0.2, 0.25) is 0 Å². The molecule has 7 heteroatoms. The minimum Gasteiger partial charge on any atom is -0.480 e. The highest BCUT2D eigenvalue weighted by Crippen LogP contribution is 2.25. The maximum absolute atomic E-state index is 12.3. The minimum absolute atomic E-state index is 0.0134. The lowest BCUT2D eigenvalue weighted by Gasteiger charge is -2.27. The van der Waals surface area contributed by atoms with Crippen LogP contribution in [0.1, 0.15) is 46.4 Å². The van der Waals surface area contributed by atoms with Gasteiger partial charge in [0.15, 0.2) is 0 Å². The summed E-state index contributed by atoms with van der Waals surface area (Å²) in [4.78, 5) is 46.9. The topological polar surface area (TPSA) is 110 Å². The van der Waals surface area contributed by atoms with Crippen LogP contribution in [0.4, 0.5) is 0 Å². The molecule has 0 spiro atoms. The number of carbonyl (C=O) groups is 4. The van der Waals surface area contributed by atoms with Crippen LogP contribution in [0.5, 0.6) is 0 Å². The Kier molecular flexibility index (Phi) is 5.68. The van der Waals surface area contributed by atoms with E-state index in [1.165, 1.54) is 31.4 Å². The van der Waals surface area contributed by atoms with E-state index in [1.807, 2.05) is 0 Å². The molecule has 24 heavy (non-hydrogen) atoms. The van der Waals surface area contributed by atoms with E-state index in [9.17, 15) is 24.3 Å². The molecule has 2 atom stereocenters. The Hall–Kier alpha value is -2.70. The van der Waals surface area contributed by atoms with E-state index >= 15 is 0 Å². The molecule has 0 radical (unpaired) electrons. The summed E-state index contributed by atoms with van der Waals surface area (Å²) in [5, 5.41) is 11.9. The van der Waals surface area contributed by atoms with E-state index in [0.717, 1.165) is 0 Å². The highest BCUT2D eigenvalue weighted by molar-refractivity contribution is 5.99. The zero-order valence-electron chi connectivity index (χ0n) is 13.3. The first-order valence-corrected chi connectivity index (χ1v) is 7.66. The van der Waals surface area contributed by atoms with E-state index in [1.54, 1.807) is 0 Å². The van der Waals surface area contributed by atoms with Crippen LogP contribution in [0.2, 0.25) is 0 Å². The summed E-state index contributed by atoms with van der Waals surface area (Å²) >= 11 is 0. The van der Waals surface area contributed by atoms with Gasteiger partial charge in [0.05, 0.1) is 12.7 Å². The third-order valence-corrected chi connectivity index (χ3v) is 4.09. The van der Waals surface area contributed by atoms with Gasteiger partial charge >= 0.3 is 11.9 Å². The maximum Gasteiger partial charge on any atom is 0.337 e. The fraction of sp³-hybridized carbons (Fsp3) is 0.412. The number of amides is 1. The Balaban J connectivity index is 2.14. The van der Waals surface area contributed by atoms with Crippen LogP contribution < -0.4 is 5.32 Å². The molecular weight excluding hydrogens is 314 g/mol. The largest absolute Gasteiger partial charge is 0.480 e. The second-order valence-corrected chi connectivity index (χ2v) is 5.76. The summed E-state index contributed by atoms with van der Waals surface area (Å²) in [5.74, 6) is -2.77. The quantitative estimate of drug-likeness (QED) is 0.789. The van der Waals surface area contributed by atoms with Gasteiger partial charge in [0, 0.05) is 18.4 Å². The minimum atomic E-state index is -1.17. The SMILES string of the molecule is COC(=O)c1cccc(C(=O)N[C@H](C(=O)O)[C@@H]2CCCC(=O)C2)c1. The lowest BCUT2D eigenvalue weighted by Crippen LogP contribution is -2.47. The number of nitrogens with one attached hydrogen (secondary N) is 1. The molecular formula is C17H19NO6. The molecule has 1 aliphatic rings. The number of esters is 1. The Labute approximate surface area is 139 Å². The molecule has 1 aromatic rings. The van der Waals surface area contributed by atoms with Crippen LogP contribution in [-0.2, 0) is 14.3 Å². The number of rotatable bonds is 5. The van der Waals surface area contributed by atoms with Crippen molar-refractivity contribution in [2.45, 2.75) is 31.7 Å². The monoisotopic (exact) mass is 333 g/mol. The van der Waals surface area contributed by atoms with Gasteiger partial charge in [-0.25, -0.2) is 9.59 Å². The van der Waals surface area contributed by atoms with Crippen molar-refractivity contribution in [2.75, 3.05) is 7.11 Å². The fourth-order valence-electron chi connectivity index (χ4n) is 2.85. The van der Waals surface area contributed by atoms with E-state index in [-0.39, 0.29) is 23.3 Å². The van der Waals surface area contributed by atoms with Gasteiger partial charge in [-0.2, -0.15) is 0 Å². The highest BCUT2D eigenvalue weighted by atomic mass is 16.5. The van der Waals surface area contributed by atoms with Crippen LogP contribution in [-0.4, -0.2) is 41.9 Å². The van der Waals surface area contributed by atoms with E-state index in [2.05, 4.69) is 10.1 Å². The summed E-state index contributed by atoms with van der Waals surface area (Å²) in [6.45, 7) is 0. The smallest absolute Gasteiger partial charge is 0.337 e. The number of aliphatic carboxylic acids is 1. The van der Waals surface area contributed by atoms with Crippen molar-refractivity contribution in [2.24, 2.45) is 5.92 Å². The number of hydrogen-bond donors (Lipinski definition) is 2.